The fourth-order valence-corrected chi connectivity index (χ4v) is 3.16. The second-order valence-corrected chi connectivity index (χ2v) is 6.80. The van der Waals surface area contributed by atoms with Crippen LogP contribution in [0.15, 0.2) is 23.4 Å². The van der Waals surface area contributed by atoms with Gasteiger partial charge in [0.1, 0.15) is 11.6 Å². The second kappa shape index (κ2) is 6.03. The molecule has 130 valence electrons. The van der Waals surface area contributed by atoms with Crippen molar-refractivity contribution >= 4 is 5.52 Å². The van der Waals surface area contributed by atoms with Gasteiger partial charge in [0.25, 0.3) is 5.56 Å². The Morgan fingerprint density at radius 2 is 1.96 bits per heavy atom. The standard InChI is InChI=1S/C17H21N7O/c1-11(2)16-20-8-14-17(25)23-5-4-22(10-15(23)21-24(14)16)9-13-7-18-12(3)6-19-13/h6-8,11H,4-5,9-10H2,1-3H3. The zero-order chi connectivity index (χ0) is 17.6. The third-order valence-corrected chi connectivity index (χ3v) is 4.50. The normalized spacial score (nSPS) is 15.0. The van der Waals surface area contributed by atoms with E-state index < -0.39 is 0 Å². The summed E-state index contributed by atoms with van der Waals surface area (Å²) in [5, 5.41) is 4.70. The van der Waals surface area contributed by atoms with E-state index in [4.69, 9.17) is 5.10 Å². The monoisotopic (exact) mass is 339 g/mol. The van der Waals surface area contributed by atoms with Gasteiger partial charge in [-0.3, -0.25) is 24.2 Å². The average Bonchev–Trinajstić information content (AvgIpc) is 3.01. The molecule has 0 N–H and O–H groups in total. The molecule has 0 aliphatic carbocycles. The number of nitrogens with zero attached hydrogens (tertiary/aromatic N) is 7. The fraction of sp³-hybridized carbons (Fsp3) is 0.471. The van der Waals surface area contributed by atoms with E-state index in [0.29, 0.717) is 25.2 Å². The first-order chi connectivity index (χ1) is 12.0. The number of aryl methyl sites for hydroxylation is 1. The summed E-state index contributed by atoms with van der Waals surface area (Å²) in [5.74, 6) is 1.79. The second-order valence-electron chi connectivity index (χ2n) is 6.80. The van der Waals surface area contributed by atoms with E-state index in [1.807, 2.05) is 6.92 Å². The molecule has 1 aliphatic rings. The molecule has 4 heterocycles. The summed E-state index contributed by atoms with van der Waals surface area (Å²) in [6.45, 7) is 8.74. The predicted molar refractivity (Wildman–Crippen MR) is 92.2 cm³/mol. The lowest BCUT2D eigenvalue weighted by Crippen LogP contribution is -2.40. The van der Waals surface area contributed by atoms with Gasteiger partial charge in [-0.25, -0.2) is 9.50 Å². The van der Waals surface area contributed by atoms with Crippen molar-refractivity contribution in [2.75, 3.05) is 6.54 Å². The van der Waals surface area contributed by atoms with Crippen molar-refractivity contribution < 1.29 is 0 Å². The maximum absolute atomic E-state index is 12.7. The van der Waals surface area contributed by atoms with Crippen LogP contribution in [0.25, 0.3) is 5.52 Å². The maximum Gasteiger partial charge on any atom is 0.279 e. The Balaban J connectivity index is 1.66. The molecule has 4 rings (SSSR count). The highest BCUT2D eigenvalue weighted by Gasteiger charge is 2.22. The highest BCUT2D eigenvalue weighted by atomic mass is 16.1. The Kier molecular flexibility index (Phi) is 3.84. The molecule has 1 aliphatic heterocycles. The molecule has 0 bridgehead atoms. The number of aromatic nitrogens is 6. The molecule has 0 unspecified atom stereocenters. The Hall–Kier alpha value is -2.61. The van der Waals surface area contributed by atoms with Crippen molar-refractivity contribution in [1.82, 2.24) is 34.0 Å². The molecule has 8 nitrogen and oxygen atoms in total. The molecule has 3 aromatic rings. The van der Waals surface area contributed by atoms with Crippen molar-refractivity contribution in [3.8, 4) is 0 Å². The highest BCUT2D eigenvalue weighted by Crippen LogP contribution is 2.15. The summed E-state index contributed by atoms with van der Waals surface area (Å²) < 4.78 is 3.46. The smallest absolute Gasteiger partial charge is 0.279 e. The van der Waals surface area contributed by atoms with Gasteiger partial charge in [-0.05, 0) is 6.92 Å². The van der Waals surface area contributed by atoms with Gasteiger partial charge in [0.05, 0.1) is 24.1 Å². The number of fused-ring (bicyclic) bond motifs is 2. The van der Waals surface area contributed by atoms with Crippen molar-refractivity contribution in [3.63, 3.8) is 0 Å². The zero-order valence-corrected chi connectivity index (χ0v) is 14.7. The molecule has 0 fully saturated rings. The summed E-state index contributed by atoms with van der Waals surface area (Å²) in [7, 11) is 0. The van der Waals surface area contributed by atoms with E-state index in [9.17, 15) is 4.79 Å². The highest BCUT2D eigenvalue weighted by molar-refractivity contribution is 5.43. The van der Waals surface area contributed by atoms with Gasteiger partial charge >= 0.3 is 0 Å². The van der Waals surface area contributed by atoms with Crippen LogP contribution in [0.2, 0.25) is 0 Å². The van der Waals surface area contributed by atoms with E-state index in [0.717, 1.165) is 29.6 Å². The van der Waals surface area contributed by atoms with Crippen LogP contribution in [0.3, 0.4) is 0 Å². The van der Waals surface area contributed by atoms with Crippen LogP contribution in [0, 0.1) is 6.92 Å². The van der Waals surface area contributed by atoms with E-state index in [1.54, 1.807) is 27.7 Å². The topological polar surface area (TPSA) is 81.2 Å². The van der Waals surface area contributed by atoms with Gasteiger partial charge in [-0.1, -0.05) is 13.8 Å². The number of rotatable bonds is 3. The summed E-state index contributed by atoms with van der Waals surface area (Å²) in [6.07, 6.45) is 5.21. The minimum atomic E-state index is -0.0147. The number of hydrogen-bond acceptors (Lipinski definition) is 6. The van der Waals surface area contributed by atoms with Gasteiger partial charge < -0.3 is 0 Å². The van der Waals surface area contributed by atoms with Crippen LogP contribution in [-0.4, -0.2) is 40.6 Å². The van der Waals surface area contributed by atoms with Crippen LogP contribution in [0.5, 0.6) is 0 Å². The van der Waals surface area contributed by atoms with Crippen LogP contribution >= 0.6 is 0 Å². The molecular weight excluding hydrogens is 318 g/mol. The van der Waals surface area contributed by atoms with Crippen molar-refractivity contribution in [2.45, 2.75) is 46.3 Å². The lowest BCUT2D eigenvalue weighted by Gasteiger charge is -2.28. The molecule has 8 heteroatoms. The predicted octanol–water partition coefficient (Wildman–Crippen LogP) is 1.13. The first-order valence-corrected chi connectivity index (χ1v) is 8.50. The maximum atomic E-state index is 12.7. The number of imidazole rings is 1. The fourth-order valence-electron chi connectivity index (χ4n) is 3.16. The van der Waals surface area contributed by atoms with Crippen LogP contribution < -0.4 is 5.56 Å². The van der Waals surface area contributed by atoms with Gasteiger partial charge in [-0.15, -0.1) is 0 Å². The molecule has 0 aromatic carbocycles. The molecule has 0 spiro atoms. The van der Waals surface area contributed by atoms with Gasteiger partial charge in [-0.2, -0.15) is 5.10 Å². The van der Waals surface area contributed by atoms with E-state index in [1.165, 1.54) is 0 Å². The molecule has 0 atom stereocenters. The van der Waals surface area contributed by atoms with E-state index in [2.05, 4.69) is 33.7 Å². The molecule has 3 aromatic heterocycles. The van der Waals surface area contributed by atoms with E-state index >= 15 is 0 Å². The summed E-state index contributed by atoms with van der Waals surface area (Å²) in [5.41, 5.74) is 2.36. The molecular formula is C17H21N7O. The van der Waals surface area contributed by atoms with Gasteiger partial charge in [0.15, 0.2) is 5.52 Å². The van der Waals surface area contributed by atoms with Crippen LogP contribution in [0.4, 0.5) is 0 Å². The molecule has 25 heavy (non-hydrogen) atoms. The minimum absolute atomic E-state index is 0.0147. The molecule has 0 amide bonds. The van der Waals surface area contributed by atoms with Crippen LogP contribution in [-0.2, 0) is 19.6 Å². The lowest BCUT2D eigenvalue weighted by atomic mass is 10.2. The third-order valence-electron chi connectivity index (χ3n) is 4.50. The van der Waals surface area contributed by atoms with Gasteiger partial charge in [0, 0.05) is 37.9 Å². The van der Waals surface area contributed by atoms with E-state index in [-0.39, 0.29) is 11.5 Å². The Bertz CT molecular complexity index is 971. The average molecular weight is 339 g/mol. The Labute approximate surface area is 145 Å². The molecule has 0 radical (unpaired) electrons. The third kappa shape index (κ3) is 2.82. The zero-order valence-electron chi connectivity index (χ0n) is 14.7. The van der Waals surface area contributed by atoms with Crippen molar-refractivity contribution in [3.05, 3.63) is 52.0 Å². The SMILES string of the molecule is Cc1cnc(CN2CCn3c(nn4c(C(C)C)ncc4c3=O)C2)cn1. The summed E-state index contributed by atoms with van der Waals surface area (Å²) >= 11 is 0. The first kappa shape index (κ1) is 15.9. The van der Waals surface area contributed by atoms with Gasteiger partial charge in [0.2, 0.25) is 0 Å². The van der Waals surface area contributed by atoms with Crippen molar-refractivity contribution in [2.24, 2.45) is 0 Å². The Morgan fingerprint density at radius 1 is 1.12 bits per heavy atom. The summed E-state index contributed by atoms with van der Waals surface area (Å²) in [6, 6.07) is 0. The Morgan fingerprint density at radius 3 is 2.68 bits per heavy atom. The molecule has 0 saturated heterocycles. The largest absolute Gasteiger partial charge is 0.291 e. The molecule has 0 saturated carbocycles. The first-order valence-electron chi connectivity index (χ1n) is 8.50. The quantitative estimate of drug-likeness (QED) is 0.711. The summed E-state index contributed by atoms with van der Waals surface area (Å²) in [4.78, 5) is 28.1. The lowest BCUT2D eigenvalue weighted by molar-refractivity contribution is 0.199. The van der Waals surface area contributed by atoms with Crippen molar-refractivity contribution in [1.29, 1.82) is 0 Å². The number of hydrogen-bond donors (Lipinski definition) is 0. The minimum Gasteiger partial charge on any atom is -0.291 e. The van der Waals surface area contributed by atoms with Crippen LogP contribution in [0.1, 0.15) is 42.8 Å².